The molecule has 0 aliphatic carbocycles. The molecule has 1 aliphatic rings. The third-order valence-corrected chi connectivity index (χ3v) is 4.55. The van der Waals surface area contributed by atoms with Crippen molar-refractivity contribution >= 4 is 16.0 Å². The highest BCUT2D eigenvalue weighted by Crippen LogP contribution is 2.14. The Morgan fingerprint density at radius 1 is 1.40 bits per heavy atom. The first-order valence-corrected chi connectivity index (χ1v) is 7.81. The number of nitrogens with one attached hydrogen (secondary N) is 1. The molecule has 0 radical (unpaired) electrons. The van der Waals surface area contributed by atoms with Crippen LogP contribution in [0.25, 0.3) is 0 Å². The summed E-state index contributed by atoms with van der Waals surface area (Å²) in [4.78, 5) is 11.4. The van der Waals surface area contributed by atoms with Crippen LogP contribution >= 0.6 is 0 Å². The minimum atomic E-state index is -3.58. The predicted octanol–water partition coefficient (Wildman–Crippen LogP) is 0.930. The monoisotopic (exact) mass is 299 g/mol. The molecule has 1 fully saturated rings. The summed E-state index contributed by atoms with van der Waals surface area (Å²) in [5.74, 6) is -0.499. The van der Waals surface area contributed by atoms with E-state index in [4.69, 9.17) is 4.74 Å². The molecular weight excluding hydrogens is 282 g/mol. The number of esters is 1. The average molecular weight is 299 g/mol. The number of ether oxygens (including phenoxy) is 2. The van der Waals surface area contributed by atoms with Crippen LogP contribution in [0.2, 0.25) is 0 Å². The summed E-state index contributed by atoms with van der Waals surface area (Å²) >= 11 is 0. The van der Waals surface area contributed by atoms with Gasteiger partial charge in [0.1, 0.15) is 0 Å². The second-order valence-corrected chi connectivity index (χ2v) is 6.27. The quantitative estimate of drug-likeness (QED) is 0.818. The Morgan fingerprint density at radius 3 is 2.65 bits per heavy atom. The van der Waals surface area contributed by atoms with Crippen LogP contribution in [0.15, 0.2) is 29.2 Å². The standard InChI is InChI=1S/C13H17NO5S/c1-18-13(15)10-4-6-12(7-5-10)20(16,17)14-9-11-3-2-8-19-11/h4-7,11,14H,2-3,8-9H2,1H3/t11-/m0/s1. The fourth-order valence-electron chi connectivity index (χ4n) is 1.98. The molecule has 1 aromatic carbocycles. The third kappa shape index (κ3) is 3.56. The molecule has 1 atom stereocenters. The van der Waals surface area contributed by atoms with Crippen LogP contribution in [0.4, 0.5) is 0 Å². The van der Waals surface area contributed by atoms with Crippen LogP contribution in [0, 0.1) is 0 Å². The van der Waals surface area contributed by atoms with E-state index in [9.17, 15) is 13.2 Å². The maximum absolute atomic E-state index is 12.1. The largest absolute Gasteiger partial charge is 0.465 e. The predicted molar refractivity (Wildman–Crippen MR) is 71.9 cm³/mol. The van der Waals surface area contributed by atoms with Gasteiger partial charge in [0, 0.05) is 13.2 Å². The van der Waals surface area contributed by atoms with E-state index in [1.807, 2.05) is 0 Å². The molecule has 0 aromatic heterocycles. The summed E-state index contributed by atoms with van der Waals surface area (Å²) in [5.41, 5.74) is 0.311. The first-order chi connectivity index (χ1) is 9.53. The molecule has 1 heterocycles. The van der Waals surface area contributed by atoms with Gasteiger partial charge in [-0.3, -0.25) is 0 Å². The Labute approximate surface area is 118 Å². The van der Waals surface area contributed by atoms with E-state index < -0.39 is 16.0 Å². The Balaban J connectivity index is 2.03. The number of hydrogen-bond acceptors (Lipinski definition) is 5. The summed E-state index contributed by atoms with van der Waals surface area (Å²) < 4.78 is 36.5. The van der Waals surface area contributed by atoms with Gasteiger partial charge >= 0.3 is 5.97 Å². The van der Waals surface area contributed by atoms with Crippen molar-refractivity contribution in [1.29, 1.82) is 0 Å². The van der Waals surface area contributed by atoms with Gasteiger partial charge in [0.2, 0.25) is 10.0 Å². The first kappa shape index (κ1) is 15.0. The van der Waals surface area contributed by atoms with E-state index in [2.05, 4.69) is 9.46 Å². The Bertz CT molecular complexity index is 561. The van der Waals surface area contributed by atoms with Crippen LogP contribution in [-0.2, 0) is 19.5 Å². The summed E-state index contributed by atoms with van der Waals surface area (Å²) in [7, 11) is -2.31. The molecule has 6 nitrogen and oxygen atoms in total. The maximum atomic E-state index is 12.1. The van der Waals surface area contributed by atoms with Gasteiger partial charge in [0.05, 0.1) is 23.7 Å². The van der Waals surface area contributed by atoms with Gasteiger partial charge in [0.25, 0.3) is 0 Å². The highest BCUT2D eigenvalue weighted by Gasteiger charge is 2.20. The Kier molecular flexibility index (Phi) is 4.74. The van der Waals surface area contributed by atoms with Crippen molar-refractivity contribution < 1.29 is 22.7 Å². The SMILES string of the molecule is COC(=O)c1ccc(S(=O)(=O)NC[C@@H]2CCCO2)cc1. The number of rotatable bonds is 5. The van der Waals surface area contributed by atoms with E-state index in [1.54, 1.807) is 0 Å². The van der Waals surface area contributed by atoms with Crippen molar-refractivity contribution in [3.05, 3.63) is 29.8 Å². The van der Waals surface area contributed by atoms with Gasteiger partial charge in [-0.2, -0.15) is 0 Å². The molecule has 0 spiro atoms. The topological polar surface area (TPSA) is 81.7 Å². The number of sulfonamides is 1. The smallest absolute Gasteiger partial charge is 0.337 e. The van der Waals surface area contributed by atoms with Crippen molar-refractivity contribution in [3.8, 4) is 0 Å². The van der Waals surface area contributed by atoms with Gasteiger partial charge in [-0.25, -0.2) is 17.9 Å². The fourth-order valence-corrected chi connectivity index (χ4v) is 3.05. The molecule has 0 unspecified atom stereocenters. The normalized spacial score (nSPS) is 18.9. The molecule has 110 valence electrons. The minimum absolute atomic E-state index is 0.0564. The van der Waals surface area contributed by atoms with E-state index in [0.717, 1.165) is 12.8 Å². The molecule has 1 aliphatic heterocycles. The molecule has 20 heavy (non-hydrogen) atoms. The average Bonchev–Trinajstić information content (AvgIpc) is 2.98. The second kappa shape index (κ2) is 6.34. The number of carbonyl (C=O) groups excluding carboxylic acids is 1. The number of carbonyl (C=O) groups is 1. The molecule has 1 saturated heterocycles. The maximum Gasteiger partial charge on any atom is 0.337 e. The van der Waals surface area contributed by atoms with Crippen molar-refractivity contribution in [1.82, 2.24) is 4.72 Å². The Hall–Kier alpha value is -1.44. The van der Waals surface area contributed by atoms with Crippen molar-refractivity contribution in [2.24, 2.45) is 0 Å². The second-order valence-electron chi connectivity index (χ2n) is 4.50. The number of methoxy groups -OCH3 is 1. The van der Waals surface area contributed by atoms with Gasteiger partial charge in [-0.05, 0) is 37.1 Å². The van der Waals surface area contributed by atoms with Crippen LogP contribution in [-0.4, -0.2) is 40.8 Å². The third-order valence-electron chi connectivity index (χ3n) is 3.11. The summed E-state index contributed by atoms with van der Waals surface area (Å²) in [5, 5.41) is 0. The van der Waals surface area contributed by atoms with Gasteiger partial charge in [-0.1, -0.05) is 0 Å². The van der Waals surface area contributed by atoms with Crippen molar-refractivity contribution in [3.63, 3.8) is 0 Å². The highest BCUT2D eigenvalue weighted by molar-refractivity contribution is 7.89. The van der Waals surface area contributed by atoms with Crippen LogP contribution < -0.4 is 4.72 Å². The lowest BCUT2D eigenvalue weighted by Crippen LogP contribution is -2.31. The lowest BCUT2D eigenvalue weighted by atomic mass is 10.2. The zero-order chi connectivity index (χ0) is 14.6. The van der Waals surface area contributed by atoms with E-state index in [0.29, 0.717) is 12.2 Å². The molecule has 1 aromatic rings. The number of benzene rings is 1. The molecule has 1 N–H and O–H groups in total. The molecular formula is C13H17NO5S. The van der Waals surface area contributed by atoms with Gasteiger partial charge < -0.3 is 9.47 Å². The van der Waals surface area contributed by atoms with Crippen LogP contribution in [0.5, 0.6) is 0 Å². The van der Waals surface area contributed by atoms with Crippen molar-refractivity contribution in [2.75, 3.05) is 20.3 Å². The lowest BCUT2D eigenvalue weighted by Gasteiger charge is -2.11. The summed E-state index contributed by atoms with van der Waals surface area (Å²) in [6.45, 7) is 0.946. The minimum Gasteiger partial charge on any atom is -0.465 e. The summed E-state index contributed by atoms with van der Waals surface area (Å²) in [6.07, 6.45) is 1.77. The zero-order valence-electron chi connectivity index (χ0n) is 11.2. The molecule has 2 rings (SSSR count). The van der Waals surface area contributed by atoms with Crippen LogP contribution in [0.3, 0.4) is 0 Å². The zero-order valence-corrected chi connectivity index (χ0v) is 12.0. The van der Waals surface area contributed by atoms with Gasteiger partial charge in [-0.15, -0.1) is 0 Å². The molecule has 0 saturated carbocycles. The van der Waals surface area contributed by atoms with E-state index in [1.165, 1.54) is 31.4 Å². The van der Waals surface area contributed by atoms with E-state index >= 15 is 0 Å². The molecule has 0 bridgehead atoms. The molecule has 7 heteroatoms. The van der Waals surface area contributed by atoms with Crippen molar-refractivity contribution in [2.45, 2.75) is 23.8 Å². The first-order valence-electron chi connectivity index (χ1n) is 6.32. The fraction of sp³-hybridized carbons (Fsp3) is 0.462. The van der Waals surface area contributed by atoms with Crippen LogP contribution in [0.1, 0.15) is 23.2 Å². The van der Waals surface area contributed by atoms with Gasteiger partial charge in [0.15, 0.2) is 0 Å². The Morgan fingerprint density at radius 2 is 2.10 bits per heavy atom. The lowest BCUT2D eigenvalue weighted by molar-refractivity contribution is 0.0600. The van der Waals surface area contributed by atoms with E-state index in [-0.39, 0.29) is 17.5 Å². The highest BCUT2D eigenvalue weighted by atomic mass is 32.2. The molecule has 0 amide bonds. The summed E-state index contributed by atoms with van der Waals surface area (Å²) in [6, 6.07) is 5.60. The number of hydrogen-bond donors (Lipinski definition) is 1.